The molecule has 0 unspecified atom stereocenters. The maximum atomic E-state index is 12.8. The number of benzene rings is 1. The summed E-state index contributed by atoms with van der Waals surface area (Å²) in [5, 5.41) is 3.26. The van der Waals surface area contributed by atoms with Crippen LogP contribution in [0, 0.1) is 5.82 Å². The van der Waals surface area contributed by atoms with Gasteiger partial charge in [0, 0.05) is 19.0 Å². The Balaban J connectivity index is 1.95. The molecule has 2 rings (SSSR count). The molecule has 0 aliphatic carbocycles. The zero-order chi connectivity index (χ0) is 15.1. The molecular formula is C16H20FN3O. The molecule has 2 aromatic rings. The van der Waals surface area contributed by atoms with Gasteiger partial charge in [-0.1, -0.05) is 19.1 Å². The van der Waals surface area contributed by atoms with Crippen molar-refractivity contribution in [3.8, 4) is 5.88 Å². The van der Waals surface area contributed by atoms with Crippen molar-refractivity contribution in [3.63, 3.8) is 0 Å². The predicted octanol–water partition coefficient (Wildman–Crippen LogP) is 3.23. The number of hydrogen-bond acceptors (Lipinski definition) is 4. The fraction of sp³-hybridized carbons (Fsp3) is 0.375. The molecule has 1 N–H and O–H groups in total. The van der Waals surface area contributed by atoms with Crippen molar-refractivity contribution in [1.82, 2.24) is 9.97 Å². The van der Waals surface area contributed by atoms with E-state index in [1.165, 1.54) is 12.1 Å². The summed E-state index contributed by atoms with van der Waals surface area (Å²) in [4.78, 5) is 8.76. The summed E-state index contributed by atoms with van der Waals surface area (Å²) < 4.78 is 18.0. The first-order valence-electron chi connectivity index (χ1n) is 7.11. The number of anilines is 1. The van der Waals surface area contributed by atoms with Crippen LogP contribution in [0.4, 0.5) is 10.2 Å². The highest BCUT2D eigenvalue weighted by Crippen LogP contribution is 2.14. The molecule has 1 heterocycles. The largest absolute Gasteiger partial charge is 0.481 e. The number of aryl methyl sites for hydroxylation is 1. The predicted molar refractivity (Wildman–Crippen MR) is 81.2 cm³/mol. The van der Waals surface area contributed by atoms with Gasteiger partial charge in [-0.05, 0) is 30.5 Å². The van der Waals surface area contributed by atoms with Gasteiger partial charge in [0.05, 0.1) is 7.11 Å². The molecule has 21 heavy (non-hydrogen) atoms. The molecule has 112 valence electrons. The number of aromatic nitrogens is 2. The average Bonchev–Trinajstić information content (AvgIpc) is 2.49. The number of rotatable bonds is 7. The molecule has 0 aliphatic heterocycles. The van der Waals surface area contributed by atoms with E-state index >= 15 is 0 Å². The summed E-state index contributed by atoms with van der Waals surface area (Å²) in [6.45, 7) is 2.81. The summed E-state index contributed by atoms with van der Waals surface area (Å²) in [7, 11) is 1.60. The van der Waals surface area contributed by atoms with Gasteiger partial charge in [-0.15, -0.1) is 0 Å². The number of ether oxygens (including phenoxy) is 1. The number of halogens is 1. The lowest BCUT2D eigenvalue weighted by atomic mass is 10.1. The van der Waals surface area contributed by atoms with Crippen molar-refractivity contribution in [2.75, 3.05) is 19.0 Å². The highest BCUT2D eigenvalue weighted by atomic mass is 19.1. The van der Waals surface area contributed by atoms with Gasteiger partial charge in [0.1, 0.15) is 17.5 Å². The molecule has 0 saturated heterocycles. The van der Waals surface area contributed by atoms with Gasteiger partial charge < -0.3 is 10.1 Å². The second kappa shape index (κ2) is 7.57. The van der Waals surface area contributed by atoms with E-state index in [1.807, 2.05) is 0 Å². The smallest absolute Gasteiger partial charge is 0.218 e. The molecule has 0 aliphatic rings. The van der Waals surface area contributed by atoms with Crippen molar-refractivity contribution >= 4 is 5.82 Å². The summed E-state index contributed by atoms with van der Waals surface area (Å²) in [5.41, 5.74) is 1.08. The molecule has 0 bridgehead atoms. The maximum absolute atomic E-state index is 12.8. The van der Waals surface area contributed by atoms with Crippen molar-refractivity contribution in [3.05, 3.63) is 47.5 Å². The minimum atomic E-state index is -0.212. The summed E-state index contributed by atoms with van der Waals surface area (Å²) in [6.07, 6.45) is 2.61. The van der Waals surface area contributed by atoms with E-state index in [-0.39, 0.29) is 5.82 Å². The minimum absolute atomic E-state index is 0.212. The van der Waals surface area contributed by atoms with E-state index < -0.39 is 0 Å². The lowest BCUT2D eigenvalue weighted by Crippen LogP contribution is -2.09. The Labute approximate surface area is 124 Å². The fourth-order valence-electron chi connectivity index (χ4n) is 1.99. The zero-order valence-electron chi connectivity index (χ0n) is 12.4. The van der Waals surface area contributed by atoms with Gasteiger partial charge in [-0.2, -0.15) is 4.98 Å². The third kappa shape index (κ3) is 4.70. The Kier molecular flexibility index (Phi) is 5.49. The van der Waals surface area contributed by atoms with Crippen LogP contribution in [0.5, 0.6) is 5.88 Å². The molecule has 0 amide bonds. The Bertz CT molecular complexity index is 572. The van der Waals surface area contributed by atoms with Crippen LogP contribution >= 0.6 is 0 Å². The highest BCUT2D eigenvalue weighted by Gasteiger charge is 2.04. The Morgan fingerprint density at radius 3 is 2.57 bits per heavy atom. The summed E-state index contributed by atoms with van der Waals surface area (Å²) in [6, 6.07) is 8.31. The van der Waals surface area contributed by atoms with Crippen LogP contribution in [-0.4, -0.2) is 23.6 Å². The SMILES string of the molecule is CCCc1nc(NCCc2ccc(F)cc2)cc(OC)n1. The number of nitrogens with one attached hydrogen (secondary N) is 1. The quantitative estimate of drug-likeness (QED) is 0.850. The molecule has 0 spiro atoms. The van der Waals surface area contributed by atoms with E-state index in [0.717, 1.165) is 43.0 Å². The van der Waals surface area contributed by atoms with Gasteiger partial charge in [-0.3, -0.25) is 0 Å². The van der Waals surface area contributed by atoms with Crippen LogP contribution in [0.15, 0.2) is 30.3 Å². The van der Waals surface area contributed by atoms with Gasteiger partial charge in [0.25, 0.3) is 0 Å². The topological polar surface area (TPSA) is 47.0 Å². The van der Waals surface area contributed by atoms with Crippen LogP contribution in [0.2, 0.25) is 0 Å². The maximum Gasteiger partial charge on any atom is 0.218 e. The van der Waals surface area contributed by atoms with Crippen LogP contribution in [-0.2, 0) is 12.8 Å². The lowest BCUT2D eigenvalue weighted by molar-refractivity contribution is 0.395. The Hall–Kier alpha value is -2.17. The molecule has 0 atom stereocenters. The monoisotopic (exact) mass is 289 g/mol. The lowest BCUT2D eigenvalue weighted by Gasteiger charge is -2.09. The molecule has 0 fully saturated rings. The summed E-state index contributed by atoms with van der Waals surface area (Å²) >= 11 is 0. The first-order chi connectivity index (χ1) is 10.2. The van der Waals surface area contributed by atoms with Crippen molar-refractivity contribution < 1.29 is 9.13 Å². The van der Waals surface area contributed by atoms with E-state index in [9.17, 15) is 4.39 Å². The number of nitrogens with zero attached hydrogens (tertiary/aromatic N) is 2. The standard InChI is InChI=1S/C16H20FN3O/c1-3-4-14-19-15(11-16(20-14)21-2)18-10-9-12-5-7-13(17)8-6-12/h5-8,11H,3-4,9-10H2,1-2H3,(H,18,19,20). The van der Waals surface area contributed by atoms with Gasteiger partial charge in [0.15, 0.2) is 0 Å². The first kappa shape index (κ1) is 15.2. The van der Waals surface area contributed by atoms with Crippen molar-refractivity contribution in [2.45, 2.75) is 26.2 Å². The molecule has 5 heteroatoms. The molecule has 4 nitrogen and oxygen atoms in total. The normalized spacial score (nSPS) is 10.4. The Morgan fingerprint density at radius 2 is 1.90 bits per heavy atom. The number of methoxy groups -OCH3 is 1. The second-order valence-electron chi connectivity index (χ2n) is 4.77. The van der Waals surface area contributed by atoms with Crippen LogP contribution in [0.3, 0.4) is 0 Å². The van der Waals surface area contributed by atoms with Gasteiger partial charge in [0.2, 0.25) is 5.88 Å². The van der Waals surface area contributed by atoms with Crippen LogP contribution in [0.1, 0.15) is 24.7 Å². The van der Waals surface area contributed by atoms with Gasteiger partial charge >= 0.3 is 0 Å². The van der Waals surface area contributed by atoms with Crippen LogP contribution in [0.25, 0.3) is 0 Å². The molecule has 1 aromatic heterocycles. The first-order valence-corrected chi connectivity index (χ1v) is 7.11. The summed E-state index contributed by atoms with van der Waals surface area (Å²) in [5.74, 6) is 1.89. The van der Waals surface area contributed by atoms with Crippen LogP contribution < -0.4 is 10.1 Å². The van der Waals surface area contributed by atoms with E-state index in [4.69, 9.17) is 4.74 Å². The van der Waals surface area contributed by atoms with Gasteiger partial charge in [-0.25, -0.2) is 9.37 Å². The third-order valence-electron chi connectivity index (χ3n) is 3.06. The van der Waals surface area contributed by atoms with Crippen molar-refractivity contribution in [2.24, 2.45) is 0 Å². The van der Waals surface area contributed by atoms with E-state index in [0.29, 0.717) is 5.88 Å². The molecule has 0 radical (unpaired) electrons. The molecular weight excluding hydrogens is 269 g/mol. The third-order valence-corrected chi connectivity index (χ3v) is 3.06. The van der Waals surface area contributed by atoms with E-state index in [1.54, 1.807) is 25.3 Å². The Morgan fingerprint density at radius 1 is 1.14 bits per heavy atom. The second-order valence-corrected chi connectivity index (χ2v) is 4.77. The molecule has 0 saturated carbocycles. The highest BCUT2D eigenvalue weighted by molar-refractivity contribution is 5.38. The minimum Gasteiger partial charge on any atom is -0.481 e. The molecule has 1 aromatic carbocycles. The fourth-order valence-corrected chi connectivity index (χ4v) is 1.99. The van der Waals surface area contributed by atoms with E-state index in [2.05, 4.69) is 22.2 Å². The van der Waals surface area contributed by atoms with Crippen molar-refractivity contribution in [1.29, 1.82) is 0 Å². The average molecular weight is 289 g/mol. The zero-order valence-corrected chi connectivity index (χ0v) is 12.4. The number of hydrogen-bond donors (Lipinski definition) is 1.